The van der Waals surface area contributed by atoms with Gasteiger partial charge in [0.25, 0.3) is 0 Å². The molecule has 0 spiro atoms. The second-order valence-electron chi connectivity index (χ2n) is 4.31. The zero-order chi connectivity index (χ0) is 13.0. The number of anilines is 3. The lowest BCUT2D eigenvalue weighted by molar-refractivity contribution is 0.633. The van der Waals surface area contributed by atoms with Gasteiger partial charge in [0, 0.05) is 11.4 Å². The molecule has 94 valence electrons. The third-order valence-corrected chi connectivity index (χ3v) is 2.78. The first-order valence-corrected chi connectivity index (χ1v) is 6.10. The molecule has 0 heterocycles. The summed E-state index contributed by atoms with van der Waals surface area (Å²) in [7, 11) is 0. The molecule has 0 saturated carbocycles. The van der Waals surface area contributed by atoms with Crippen LogP contribution >= 0.6 is 0 Å². The number of benzene rings is 2. The van der Waals surface area contributed by atoms with E-state index in [0.717, 1.165) is 18.5 Å². The van der Waals surface area contributed by atoms with Crippen LogP contribution in [-0.2, 0) is 6.42 Å². The summed E-state index contributed by atoms with van der Waals surface area (Å²) >= 11 is 0. The third kappa shape index (κ3) is 3.00. The Labute approximate surface area is 107 Å². The lowest BCUT2D eigenvalue weighted by atomic mass is 10.1. The van der Waals surface area contributed by atoms with Gasteiger partial charge in [-0.1, -0.05) is 25.5 Å². The fraction of sp³-hybridized carbons (Fsp3) is 0.200. The average Bonchev–Trinajstić information content (AvgIpc) is 2.37. The summed E-state index contributed by atoms with van der Waals surface area (Å²) in [5, 5.41) is 3.15. The van der Waals surface area contributed by atoms with E-state index >= 15 is 0 Å². The highest BCUT2D eigenvalue weighted by molar-refractivity contribution is 5.62. The highest BCUT2D eigenvalue weighted by Crippen LogP contribution is 2.21. The number of rotatable bonds is 4. The van der Waals surface area contributed by atoms with Crippen LogP contribution in [0.15, 0.2) is 42.5 Å². The molecule has 0 radical (unpaired) electrons. The summed E-state index contributed by atoms with van der Waals surface area (Å²) in [6, 6.07) is 12.9. The maximum absolute atomic E-state index is 13.3. The number of nitrogen functional groups attached to an aromatic ring is 1. The summed E-state index contributed by atoms with van der Waals surface area (Å²) in [5.74, 6) is -0.400. The van der Waals surface area contributed by atoms with Gasteiger partial charge < -0.3 is 11.1 Å². The molecule has 2 aromatic rings. The number of halogens is 1. The van der Waals surface area contributed by atoms with Crippen LogP contribution in [0.25, 0.3) is 0 Å². The Bertz CT molecular complexity index is 521. The molecule has 0 bridgehead atoms. The van der Waals surface area contributed by atoms with Gasteiger partial charge in [-0.05, 0) is 42.3 Å². The average molecular weight is 244 g/mol. The maximum Gasteiger partial charge on any atom is 0.148 e. The molecule has 18 heavy (non-hydrogen) atoms. The lowest BCUT2D eigenvalue weighted by Crippen LogP contribution is -1.94. The molecule has 0 saturated heterocycles. The minimum absolute atomic E-state index is 0.166. The van der Waals surface area contributed by atoms with Gasteiger partial charge in [-0.2, -0.15) is 0 Å². The number of hydrogen-bond acceptors (Lipinski definition) is 2. The maximum atomic E-state index is 13.3. The van der Waals surface area contributed by atoms with Gasteiger partial charge in [0.2, 0.25) is 0 Å². The molecule has 3 heteroatoms. The summed E-state index contributed by atoms with van der Waals surface area (Å²) in [5.41, 5.74) is 8.55. The molecule has 0 aliphatic rings. The van der Waals surface area contributed by atoms with Crippen LogP contribution in [0.1, 0.15) is 18.9 Å². The Morgan fingerprint density at radius 3 is 2.33 bits per heavy atom. The smallest absolute Gasteiger partial charge is 0.148 e. The van der Waals surface area contributed by atoms with Gasteiger partial charge in [-0.15, -0.1) is 0 Å². The van der Waals surface area contributed by atoms with Crippen molar-refractivity contribution < 1.29 is 4.39 Å². The van der Waals surface area contributed by atoms with Gasteiger partial charge in [-0.3, -0.25) is 0 Å². The molecule has 2 aromatic carbocycles. The topological polar surface area (TPSA) is 38.0 Å². The molecule has 0 fully saturated rings. The van der Waals surface area contributed by atoms with Crippen LogP contribution in [0.2, 0.25) is 0 Å². The van der Waals surface area contributed by atoms with Crippen molar-refractivity contribution in [1.82, 2.24) is 0 Å². The first kappa shape index (κ1) is 12.4. The van der Waals surface area contributed by atoms with Crippen molar-refractivity contribution in [2.75, 3.05) is 11.1 Å². The van der Waals surface area contributed by atoms with Crippen LogP contribution in [0, 0.1) is 5.82 Å². The summed E-state index contributed by atoms with van der Waals surface area (Å²) in [6.45, 7) is 2.16. The van der Waals surface area contributed by atoms with Crippen molar-refractivity contribution in [2.24, 2.45) is 0 Å². The molecule has 0 unspecified atom stereocenters. The fourth-order valence-corrected chi connectivity index (χ4v) is 1.81. The Kier molecular flexibility index (Phi) is 3.82. The summed E-state index contributed by atoms with van der Waals surface area (Å²) < 4.78 is 13.3. The summed E-state index contributed by atoms with van der Waals surface area (Å²) in [4.78, 5) is 0. The van der Waals surface area contributed by atoms with Crippen molar-refractivity contribution in [3.63, 3.8) is 0 Å². The molecule has 0 aromatic heterocycles. The number of nitrogens with one attached hydrogen (secondary N) is 1. The van der Waals surface area contributed by atoms with Crippen LogP contribution in [0.4, 0.5) is 21.5 Å². The Balaban J connectivity index is 2.10. The molecular formula is C15H17FN2. The Morgan fingerprint density at radius 1 is 1.06 bits per heavy atom. The minimum atomic E-state index is -0.400. The largest absolute Gasteiger partial charge is 0.396 e. The van der Waals surface area contributed by atoms with E-state index in [1.165, 1.54) is 11.6 Å². The highest BCUT2D eigenvalue weighted by Gasteiger charge is 2.00. The quantitative estimate of drug-likeness (QED) is 0.794. The van der Waals surface area contributed by atoms with E-state index in [1.807, 2.05) is 12.1 Å². The molecule has 0 aliphatic carbocycles. The van der Waals surface area contributed by atoms with E-state index in [2.05, 4.69) is 24.4 Å². The zero-order valence-corrected chi connectivity index (χ0v) is 10.4. The summed E-state index contributed by atoms with van der Waals surface area (Å²) in [6.07, 6.45) is 2.22. The van der Waals surface area contributed by atoms with E-state index in [1.54, 1.807) is 12.1 Å². The minimum Gasteiger partial charge on any atom is -0.396 e. The van der Waals surface area contributed by atoms with Crippen molar-refractivity contribution in [1.29, 1.82) is 0 Å². The predicted molar refractivity (Wildman–Crippen MR) is 74.5 cm³/mol. The van der Waals surface area contributed by atoms with Crippen LogP contribution in [-0.4, -0.2) is 0 Å². The van der Waals surface area contributed by atoms with Gasteiger partial charge in [-0.25, -0.2) is 4.39 Å². The SMILES string of the molecule is CCCc1ccc(Nc2ccc(N)c(F)c2)cc1. The van der Waals surface area contributed by atoms with Crippen molar-refractivity contribution in [3.8, 4) is 0 Å². The highest BCUT2D eigenvalue weighted by atomic mass is 19.1. The molecule has 2 rings (SSSR count). The van der Waals surface area contributed by atoms with Crippen LogP contribution in [0.5, 0.6) is 0 Å². The standard InChI is InChI=1S/C15H17FN2/c1-2-3-11-4-6-12(7-5-11)18-13-8-9-15(17)14(16)10-13/h4-10,18H,2-3,17H2,1H3. The third-order valence-electron chi connectivity index (χ3n) is 2.78. The van der Waals surface area contributed by atoms with Gasteiger partial charge in [0.05, 0.1) is 5.69 Å². The number of hydrogen-bond donors (Lipinski definition) is 2. The predicted octanol–water partition coefficient (Wildman–Crippen LogP) is 4.10. The Morgan fingerprint density at radius 2 is 1.72 bits per heavy atom. The first-order chi connectivity index (χ1) is 8.69. The van der Waals surface area contributed by atoms with E-state index in [4.69, 9.17) is 5.73 Å². The van der Waals surface area contributed by atoms with Gasteiger partial charge >= 0.3 is 0 Å². The van der Waals surface area contributed by atoms with Crippen molar-refractivity contribution in [2.45, 2.75) is 19.8 Å². The second kappa shape index (κ2) is 5.54. The fourth-order valence-electron chi connectivity index (χ4n) is 1.81. The van der Waals surface area contributed by atoms with Gasteiger partial charge in [0.1, 0.15) is 5.82 Å². The number of nitrogens with two attached hydrogens (primary N) is 1. The van der Waals surface area contributed by atoms with E-state index in [9.17, 15) is 4.39 Å². The second-order valence-corrected chi connectivity index (χ2v) is 4.31. The monoisotopic (exact) mass is 244 g/mol. The molecule has 0 amide bonds. The molecule has 3 N–H and O–H groups in total. The van der Waals surface area contributed by atoms with Crippen LogP contribution < -0.4 is 11.1 Å². The molecular weight excluding hydrogens is 227 g/mol. The normalized spacial score (nSPS) is 10.3. The van der Waals surface area contributed by atoms with E-state index in [-0.39, 0.29) is 5.69 Å². The number of aryl methyl sites for hydroxylation is 1. The first-order valence-electron chi connectivity index (χ1n) is 6.10. The Hall–Kier alpha value is -2.03. The van der Waals surface area contributed by atoms with Crippen molar-refractivity contribution in [3.05, 3.63) is 53.8 Å². The van der Waals surface area contributed by atoms with E-state index < -0.39 is 5.82 Å². The van der Waals surface area contributed by atoms with Crippen LogP contribution in [0.3, 0.4) is 0 Å². The molecule has 0 atom stereocenters. The lowest BCUT2D eigenvalue weighted by Gasteiger charge is -2.08. The van der Waals surface area contributed by atoms with Crippen molar-refractivity contribution >= 4 is 17.1 Å². The zero-order valence-electron chi connectivity index (χ0n) is 10.4. The van der Waals surface area contributed by atoms with Gasteiger partial charge in [0.15, 0.2) is 0 Å². The molecule has 2 nitrogen and oxygen atoms in total. The molecule has 0 aliphatic heterocycles. The van der Waals surface area contributed by atoms with E-state index in [0.29, 0.717) is 5.69 Å².